The van der Waals surface area contributed by atoms with Crippen LogP contribution in [0.25, 0.3) is 10.8 Å². The van der Waals surface area contributed by atoms with Crippen LogP contribution in [0.2, 0.25) is 0 Å². The zero-order valence-electron chi connectivity index (χ0n) is 16.6. The van der Waals surface area contributed by atoms with E-state index < -0.39 is 0 Å². The Hall–Kier alpha value is -3.41. The van der Waals surface area contributed by atoms with E-state index in [9.17, 15) is 15.0 Å². The van der Waals surface area contributed by atoms with Crippen molar-refractivity contribution in [2.45, 2.75) is 19.3 Å². The summed E-state index contributed by atoms with van der Waals surface area (Å²) in [5, 5.41) is 23.7. The molecule has 152 valence electrons. The van der Waals surface area contributed by atoms with Gasteiger partial charge >= 0.3 is 0 Å². The molecule has 0 aromatic heterocycles. The van der Waals surface area contributed by atoms with Gasteiger partial charge in [0.05, 0.1) is 14.2 Å². The van der Waals surface area contributed by atoms with Crippen molar-refractivity contribution < 1.29 is 24.5 Å². The summed E-state index contributed by atoms with van der Waals surface area (Å²) in [5.74, 6) is 0.926. The second-order valence-electron chi connectivity index (χ2n) is 6.81. The lowest BCUT2D eigenvalue weighted by Gasteiger charge is -2.10. The number of aryl methyl sites for hydroxylation is 1. The van der Waals surface area contributed by atoms with Crippen molar-refractivity contribution in [3.63, 3.8) is 0 Å². The molecule has 0 saturated carbocycles. The number of benzene rings is 3. The quantitative estimate of drug-likeness (QED) is 0.396. The fourth-order valence-corrected chi connectivity index (χ4v) is 3.20. The number of ether oxygens (including phenoxy) is 2. The minimum absolute atomic E-state index is 0.110. The summed E-state index contributed by atoms with van der Waals surface area (Å²) in [6, 6.07) is 14.1. The van der Waals surface area contributed by atoms with E-state index in [4.69, 9.17) is 9.47 Å². The maximum atomic E-state index is 12.5. The largest absolute Gasteiger partial charge is 0.504 e. The maximum Gasteiger partial charge on any atom is 0.251 e. The van der Waals surface area contributed by atoms with Crippen LogP contribution in [0, 0.1) is 0 Å². The smallest absolute Gasteiger partial charge is 0.251 e. The maximum absolute atomic E-state index is 12.5. The number of amides is 1. The Morgan fingerprint density at radius 2 is 1.59 bits per heavy atom. The molecule has 0 bridgehead atoms. The lowest BCUT2D eigenvalue weighted by molar-refractivity contribution is 0.0953. The normalized spacial score (nSPS) is 10.7. The zero-order valence-corrected chi connectivity index (χ0v) is 16.6. The van der Waals surface area contributed by atoms with E-state index in [0.29, 0.717) is 23.6 Å². The highest BCUT2D eigenvalue weighted by molar-refractivity contribution is 5.99. The van der Waals surface area contributed by atoms with Gasteiger partial charge in [0.15, 0.2) is 23.0 Å². The molecule has 0 saturated heterocycles. The second kappa shape index (κ2) is 9.19. The highest BCUT2D eigenvalue weighted by Gasteiger charge is 2.10. The summed E-state index contributed by atoms with van der Waals surface area (Å²) < 4.78 is 10.6. The van der Waals surface area contributed by atoms with Gasteiger partial charge in [-0.3, -0.25) is 4.79 Å². The minimum atomic E-state index is -0.121. The van der Waals surface area contributed by atoms with Crippen molar-refractivity contribution in [1.82, 2.24) is 5.32 Å². The van der Waals surface area contributed by atoms with Crippen LogP contribution in [0.4, 0.5) is 0 Å². The average Bonchev–Trinajstić information content (AvgIpc) is 2.74. The van der Waals surface area contributed by atoms with Crippen LogP contribution in [0.5, 0.6) is 23.0 Å². The van der Waals surface area contributed by atoms with E-state index in [1.165, 1.54) is 6.07 Å². The van der Waals surface area contributed by atoms with E-state index in [1.54, 1.807) is 32.4 Å². The molecule has 0 aliphatic rings. The van der Waals surface area contributed by atoms with Gasteiger partial charge in [0, 0.05) is 12.1 Å². The van der Waals surface area contributed by atoms with Gasteiger partial charge < -0.3 is 25.0 Å². The minimum Gasteiger partial charge on any atom is -0.504 e. The monoisotopic (exact) mass is 395 g/mol. The average molecular weight is 395 g/mol. The summed E-state index contributed by atoms with van der Waals surface area (Å²) in [5.41, 5.74) is 1.54. The molecule has 0 aliphatic heterocycles. The molecule has 6 nitrogen and oxygen atoms in total. The lowest BCUT2D eigenvalue weighted by Crippen LogP contribution is -2.24. The number of fused-ring (bicyclic) bond motifs is 1. The zero-order chi connectivity index (χ0) is 20.8. The first-order chi connectivity index (χ1) is 14.0. The third-order valence-electron chi connectivity index (χ3n) is 4.82. The number of hydrogen-bond acceptors (Lipinski definition) is 5. The van der Waals surface area contributed by atoms with Gasteiger partial charge in [-0.1, -0.05) is 12.1 Å². The molecular formula is C23H25NO5. The first-order valence-corrected chi connectivity index (χ1v) is 9.46. The Bertz CT molecular complexity index is 1020. The first kappa shape index (κ1) is 20.3. The van der Waals surface area contributed by atoms with E-state index in [1.807, 2.05) is 24.3 Å². The third-order valence-corrected chi connectivity index (χ3v) is 4.82. The fraction of sp³-hybridized carbons (Fsp3) is 0.261. The van der Waals surface area contributed by atoms with Crippen LogP contribution in [0.3, 0.4) is 0 Å². The Labute approximate surface area is 169 Å². The van der Waals surface area contributed by atoms with E-state index >= 15 is 0 Å². The molecule has 0 radical (unpaired) electrons. The summed E-state index contributed by atoms with van der Waals surface area (Å²) in [6.45, 7) is 0.562. The summed E-state index contributed by atoms with van der Waals surface area (Å²) in [7, 11) is 3.18. The van der Waals surface area contributed by atoms with Crippen LogP contribution in [-0.2, 0) is 6.42 Å². The van der Waals surface area contributed by atoms with Crippen molar-refractivity contribution >= 4 is 16.7 Å². The van der Waals surface area contributed by atoms with Gasteiger partial charge in [-0.2, -0.15) is 0 Å². The number of aromatic hydroxyl groups is 2. The predicted octanol–water partition coefficient (Wildman–Crippen LogP) is 4.02. The van der Waals surface area contributed by atoms with Crippen molar-refractivity contribution in [2.75, 3.05) is 20.8 Å². The Kier molecular flexibility index (Phi) is 6.44. The van der Waals surface area contributed by atoms with Gasteiger partial charge in [0.2, 0.25) is 0 Å². The third kappa shape index (κ3) is 4.90. The second-order valence-corrected chi connectivity index (χ2v) is 6.81. The standard InChI is InChI=1S/C23H25NO5/c1-28-21-13-16-7-8-17(12-18(16)14-22(21)29-2)23(27)24-10-4-3-5-15-6-9-19(25)20(26)11-15/h6-9,11-14,25-26H,3-5,10H2,1-2H3,(H,24,27). The summed E-state index contributed by atoms with van der Waals surface area (Å²) >= 11 is 0. The molecule has 6 heteroatoms. The molecule has 3 N–H and O–H groups in total. The van der Waals surface area contributed by atoms with Gasteiger partial charge in [-0.25, -0.2) is 0 Å². The number of hydrogen-bond donors (Lipinski definition) is 3. The molecule has 3 aromatic rings. The molecule has 29 heavy (non-hydrogen) atoms. The summed E-state index contributed by atoms with van der Waals surface area (Å²) in [6.07, 6.45) is 2.44. The molecule has 1 amide bonds. The highest BCUT2D eigenvalue weighted by atomic mass is 16.5. The van der Waals surface area contributed by atoms with E-state index in [-0.39, 0.29) is 17.4 Å². The highest BCUT2D eigenvalue weighted by Crippen LogP contribution is 2.32. The fourth-order valence-electron chi connectivity index (χ4n) is 3.20. The van der Waals surface area contributed by atoms with Crippen molar-refractivity contribution in [1.29, 1.82) is 0 Å². The number of methoxy groups -OCH3 is 2. The molecule has 0 unspecified atom stereocenters. The van der Waals surface area contributed by atoms with Crippen LogP contribution >= 0.6 is 0 Å². The summed E-state index contributed by atoms with van der Waals surface area (Å²) in [4.78, 5) is 12.5. The number of unbranched alkanes of at least 4 members (excludes halogenated alkanes) is 1. The number of phenolic OH excluding ortho intramolecular Hbond substituents is 2. The number of rotatable bonds is 8. The topological polar surface area (TPSA) is 88.0 Å². The Balaban J connectivity index is 1.54. The first-order valence-electron chi connectivity index (χ1n) is 9.46. The SMILES string of the molecule is COc1cc2ccc(C(=O)NCCCCc3ccc(O)c(O)c3)cc2cc1OC. The molecule has 0 aliphatic carbocycles. The van der Waals surface area contributed by atoms with Crippen molar-refractivity contribution in [3.8, 4) is 23.0 Å². The van der Waals surface area contributed by atoms with Crippen molar-refractivity contribution in [3.05, 3.63) is 59.7 Å². The number of carbonyl (C=O) groups is 1. The van der Waals surface area contributed by atoms with Crippen LogP contribution in [-0.4, -0.2) is 36.9 Å². The van der Waals surface area contributed by atoms with Gasteiger partial charge in [0.1, 0.15) is 0 Å². The molecular weight excluding hydrogens is 370 g/mol. The molecule has 3 aromatic carbocycles. The predicted molar refractivity (Wildman–Crippen MR) is 112 cm³/mol. The van der Waals surface area contributed by atoms with E-state index in [2.05, 4.69) is 5.32 Å². The molecule has 0 heterocycles. The van der Waals surface area contributed by atoms with Crippen LogP contribution in [0.15, 0.2) is 48.5 Å². The van der Waals surface area contributed by atoms with Gasteiger partial charge in [0.25, 0.3) is 5.91 Å². The molecule has 3 rings (SSSR count). The molecule has 0 spiro atoms. The molecule has 0 atom stereocenters. The Morgan fingerprint density at radius 1 is 0.862 bits per heavy atom. The number of carbonyl (C=O) groups excluding carboxylic acids is 1. The molecule has 0 fully saturated rings. The number of phenols is 2. The number of nitrogens with one attached hydrogen (secondary N) is 1. The van der Waals surface area contributed by atoms with Crippen LogP contribution in [0.1, 0.15) is 28.8 Å². The van der Waals surface area contributed by atoms with Crippen molar-refractivity contribution in [2.24, 2.45) is 0 Å². The van der Waals surface area contributed by atoms with Gasteiger partial charge in [-0.15, -0.1) is 0 Å². The van der Waals surface area contributed by atoms with E-state index in [0.717, 1.165) is 35.6 Å². The van der Waals surface area contributed by atoms with Gasteiger partial charge in [-0.05, 0) is 72.0 Å². The Morgan fingerprint density at radius 3 is 2.28 bits per heavy atom. The lowest BCUT2D eigenvalue weighted by atomic mass is 10.1. The van der Waals surface area contributed by atoms with Crippen LogP contribution < -0.4 is 14.8 Å².